The van der Waals surface area contributed by atoms with E-state index in [0.717, 1.165) is 6.42 Å². The van der Waals surface area contributed by atoms with Crippen molar-refractivity contribution in [3.63, 3.8) is 0 Å². The summed E-state index contributed by atoms with van der Waals surface area (Å²) in [6.07, 6.45) is 1.41. The molecule has 0 heterocycles. The molecule has 1 fully saturated rings. The fourth-order valence-corrected chi connectivity index (χ4v) is 2.04. The maximum Gasteiger partial charge on any atom is 0.140 e. The molecule has 1 aromatic rings. The van der Waals surface area contributed by atoms with Gasteiger partial charge in [-0.25, -0.2) is 4.39 Å². The van der Waals surface area contributed by atoms with E-state index in [-0.39, 0.29) is 17.5 Å². The van der Waals surface area contributed by atoms with Crippen LogP contribution in [-0.4, -0.2) is 5.78 Å². The zero-order valence-corrected chi connectivity index (χ0v) is 9.05. The lowest BCUT2D eigenvalue weighted by Gasteiger charge is -2.24. The second-order valence-electron chi connectivity index (χ2n) is 3.20. The summed E-state index contributed by atoms with van der Waals surface area (Å²) >= 11 is 1.94. The Hall–Kier alpha value is -0.450. The minimum Gasteiger partial charge on any atom is -0.299 e. The third-order valence-electron chi connectivity index (χ3n) is 2.42. The van der Waals surface area contributed by atoms with Gasteiger partial charge in [0.2, 0.25) is 0 Å². The van der Waals surface area contributed by atoms with Gasteiger partial charge in [-0.3, -0.25) is 4.79 Å². The number of rotatable bonds is 1. The molecule has 1 aliphatic carbocycles. The predicted molar refractivity (Wildman–Crippen MR) is 56.1 cm³/mol. The molecule has 1 unspecified atom stereocenters. The molecule has 1 aromatic carbocycles. The summed E-state index contributed by atoms with van der Waals surface area (Å²) in [5.74, 6) is -0.225. The Balaban J connectivity index is 2.40. The lowest BCUT2D eigenvalue weighted by Crippen LogP contribution is -2.24. The van der Waals surface area contributed by atoms with E-state index in [1.807, 2.05) is 22.6 Å². The number of hydrogen-bond acceptors (Lipinski definition) is 1. The Kier molecular flexibility index (Phi) is 2.36. The van der Waals surface area contributed by atoms with Gasteiger partial charge in [0, 0.05) is 15.9 Å². The van der Waals surface area contributed by atoms with Crippen LogP contribution in [-0.2, 0) is 4.79 Å². The highest BCUT2D eigenvalue weighted by atomic mass is 127. The number of hydrogen-bond donors (Lipinski definition) is 0. The number of Topliss-reactive ketones (excluding diaryl/α,β-unsaturated/α-hetero) is 1. The Morgan fingerprint density at radius 3 is 2.77 bits per heavy atom. The highest BCUT2D eigenvalue weighted by molar-refractivity contribution is 14.1. The van der Waals surface area contributed by atoms with Gasteiger partial charge in [-0.05, 0) is 40.6 Å². The minimum atomic E-state index is -0.221. The summed E-state index contributed by atoms with van der Waals surface area (Å²) in [6, 6.07) is 5.22. The van der Waals surface area contributed by atoms with E-state index in [4.69, 9.17) is 0 Å². The first-order valence-corrected chi connectivity index (χ1v) is 5.24. The van der Waals surface area contributed by atoms with E-state index >= 15 is 0 Å². The monoisotopic (exact) mass is 290 g/mol. The highest BCUT2D eigenvalue weighted by Gasteiger charge is 2.31. The third-order valence-corrected chi connectivity index (χ3v) is 3.26. The van der Waals surface area contributed by atoms with Crippen LogP contribution in [0.15, 0.2) is 18.2 Å². The Labute approximate surface area is 89.5 Å². The van der Waals surface area contributed by atoms with Crippen molar-refractivity contribution in [3.8, 4) is 0 Å². The summed E-state index contributed by atoms with van der Waals surface area (Å²) < 4.78 is 14.1. The Morgan fingerprint density at radius 2 is 2.23 bits per heavy atom. The topological polar surface area (TPSA) is 17.1 Å². The lowest BCUT2D eigenvalue weighted by molar-refractivity contribution is -0.125. The van der Waals surface area contributed by atoms with Gasteiger partial charge in [0.1, 0.15) is 11.6 Å². The summed E-state index contributed by atoms with van der Waals surface area (Å²) in [7, 11) is 0. The van der Waals surface area contributed by atoms with Crippen LogP contribution in [0, 0.1) is 9.39 Å². The second kappa shape index (κ2) is 3.36. The largest absolute Gasteiger partial charge is 0.299 e. The molecule has 0 saturated heterocycles. The average Bonchev–Trinajstić information content (AvgIpc) is 2.10. The molecule has 68 valence electrons. The van der Waals surface area contributed by atoms with Crippen LogP contribution in [0.25, 0.3) is 0 Å². The van der Waals surface area contributed by atoms with Gasteiger partial charge in [0.15, 0.2) is 0 Å². The molecular formula is C10H8FIO. The summed E-state index contributed by atoms with van der Waals surface area (Å²) in [6.45, 7) is 0. The van der Waals surface area contributed by atoms with Gasteiger partial charge in [0.25, 0.3) is 0 Å². The fraction of sp³-hybridized carbons (Fsp3) is 0.300. The summed E-state index contributed by atoms with van der Waals surface area (Å²) in [4.78, 5) is 11.1. The lowest BCUT2D eigenvalue weighted by atomic mass is 9.78. The van der Waals surface area contributed by atoms with E-state index in [9.17, 15) is 9.18 Å². The molecule has 0 bridgehead atoms. The van der Waals surface area contributed by atoms with Crippen LogP contribution in [0.1, 0.15) is 24.3 Å². The molecule has 0 aliphatic heterocycles. The molecule has 0 spiro atoms. The first-order chi connectivity index (χ1) is 6.20. The number of ketones is 1. The number of carbonyl (C=O) groups excluding carboxylic acids is 1. The van der Waals surface area contributed by atoms with Crippen LogP contribution in [0.4, 0.5) is 4.39 Å². The molecule has 0 aromatic heterocycles. The van der Waals surface area contributed by atoms with Gasteiger partial charge in [-0.15, -0.1) is 0 Å². The van der Waals surface area contributed by atoms with Crippen LogP contribution in [0.5, 0.6) is 0 Å². The Morgan fingerprint density at radius 1 is 1.46 bits per heavy atom. The van der Waals surface area contributed by atoms with Crippen molar-refractivity contribution in [1.29, 1.82) is 0 Å². The average molecular weight is 290 g/mol. The number of halogens is 2. The molecule has 2 rings (SSSR count). The van der Waals surface area contributed by atoms with E-state index in [2.05, 4.69) is 0 Å². The molecule has 1 nitrogen and oxygen atoms in total. The van der Waals surface area contributed by atoms with Crippen molar-refractivity contribution in [3.05, 3.63) is 33.1 Å². The summed E-state index contributed by atoms with van der Waals surface area (Å²) in [5.41, 5.74) is 0.572. The second-order valence-corrected chi connectivity index (χ2v) is 4.36. The van der Waals surface area contributed by atoms with Crippen molar-refractivity contribution in [2.45, 2.75) is 18.8 Å². The number of carbonyl (C=O) groups is 1. The van der Waals surface area contributed by atoms with Crippen molar-refractivity contribution in [1.82, 2.24) is 0 Å². The number of benzene rings is 1. The first-order valence-electron chi connectivity index (χ1n) is 4.17. The van der Waals surface area contributed by atoms with Crippen LogP contribution < -0.4 is 0 Å². The van der Waals surface area contributed by atoms with Gasteiger partial charge in [-0.1, -0.05) is 12.1 Å². The van der Waals surface area contributed by atoms with Crippen molar-refractivity contribution < 1.29 is 9.18 Å². The molecule has 0 amide bonds. The zero-order valence-electron chi connectivity index (χ0n) is 6.89. The summed E-state index contributed by atoms with van der Waals surface area (Å²) in [5, 5.41) is 0. The molecule has 13 heavy (non-hydrogen) atoms. The maximum absolute atomic E-state index is 13.5. The van der Waals surface area contributed by atoms with Crippen molar-refractivity contribution >= 4 is 28.4 Å². The smallest absolute Gasteiger partial charge is 0.140 e. The predicted octanol–water partition coefficient (Wildman–Crippen LogP) is 2.88. The van der Waals surface area contributed by atoms with E-state index in [1.54, 1.807) is 18.2 Å². The fourth-order valence-electron chi connectivity index (χ4n) is 1.53. The Bertz CT molecular complexity index is 362. The maximum atomic E-state index is 13.5. The van der Waals surface area contributed by atoms with Gasteiger partial charge in [0.05, 0.1) is 0 Å². The molecule has 3 heteroatoms. The molecule has 1 atom stereocenters. The van der Waals surface area contributed by atoms with Gasteiger partial charge in [-0.2, -0.15) is 0 Å². The highest BCUT2D eigenvalue weighted by Crippen LogP contribution is 2.35. The van der Waals surface area contributed by atoms with Crippen LogP contribution in [0.3, 0.4) is 0 Å². The normalized spacial score (nSPS) is 21.4. The molecule has 0 N–H and O–H groups in total. The quantitative estimate of drug-likeness (QED) is 0.727. The van der Waals surface area contributed by atoms with E-state index < -0.39 is 0 Å². The minimum absolute atomic E-state index is 0.168. The SMILES string of the molecule is O=C1CCC1c1cccc(I)c1F. The first kappa shape index (κ1) is 9.12. The zero-order chi connectivity index (χ0) is 9.42. The molecule has 1 aliphatic rings. The van der Waals surface area contributed by atoms with Gasteiger partial charge < -0.3 is 0 Å². The third kappa shape index (κ3) is 1.49. The van der Waals surface area contributed by atoms with Crippen LogP contribution >= 0.6 is 22.6 Å². The molecule has 0 radical (unpaired) electrons. The molecular weight excluding hydrogens is 282 g/mol. The van der Waals surface area contributed by atoms with Crippen LogP contribution in [0.2, 0.25) is 0 Å². The van der Waals surface area contributed by atoms with Crippen molar-refractivity contribution in [2.75, 3.05) is 0 Å². The van der Waals surface area contributed by atoms with Crippen molar-refractivity contribution in [2.24, 2.45) is 0 Å². The standard InChI is InChI=1S/C10H8FIO/c11-10-7(2-1-3-8(10)12)6-4-5-9(6)13/h1-3,6H,4-5H2. The van der Waals surface area contributed by atoms with E-state index in [0.29, 0.717) is 15.6 Å². The molecule has 1 saturated carbocycles. The van der Waals surface area contributed by atoms with E-state index in [1.165, 1.54) is 0 Å². The van der Waals surface area contributed by atoms with Gasteiger partial charge >= 0.3 is 0 Å².